The summed E-state index contributed by atoms with van der Waals surface area (Å²) in [6, 6.07) is 8.42. The van der Waals surface area contributed by atoms with E-state index in [9.17, 15) is 4.79 Å². The molecular formula is C18H30N2O. The Morgan fingerprint density at radius 2 is 1.67 bits per heavy atom. The molecule has 118 valence electrons. The smallest absolute Gasteiger partial charge is 0.251 e. The maximum atomic E-state index is 11.9. The van der Waals surface area contributed by atoms with Crippen LogP contribution in [0.3, 0.4) is 0 Å². The molecule has 0 saturated carbocycles. The van der Waals surface area contributed by atoms with Gasteiger partial charge >= 0.3 is 0 Å². The lowest BCUT2D eigenvalue weighted by atomic mass is 9.97. The molecule has 2 N–H and O–H groups in total. The minimum absolute atomic E-state index is 0.0109. The lowest BCUT2D eigenvalue weighted by Gasteiger charge is -2.21. The van der Waals surface area contributed by atoms with E-state index in [0.717, 1.165) is 18.0 Å². The molecule has 0 bridgehead atoms. The molecule has 0 aliphatic rings. The highest BCUT2D eigenvalue weighted by Gasteiger charge is 2.11. The van der Waals surface area contributed by atoms with Crippen molar-refractivity contribution in [3.05, 3.63) is 29.8 Å². The Hall–Kier alpha value is -1.51. The summed E-state index contributed by atoms with van der Waals surface area (Å²) in [6.07, 6.45) is 3.51. The van der Waals surface area contributed by atoms with E-state index in [4.69, 9.17) is 0 Å². The molecule has 21 heavy (non-hydrogen) atoms. The zero-order chi connectivity index (χ0) is 15.8. The number of anilines is 1. The maximum Gasteiger partial charge on any atom is 0.251 e. The van der Waals surface area contributed by atoms with E-state index in [-0.39, 0.29) is 11.9 Å². The fraction of sp³-hybridized carbons (Fsp3) is 0.611. The summed E-state index contributed by atoms with van der Waals surface area (Å²) in [5, 5.41) is 6.47. The number of carbonyl (C=O) groups is 1. The second-order valence-electron chi connectivity index (χ2n) is 6.20. The van der Waals surface area contributed by atoms with Gasteiger partial charge < -0.3 is 10.6 Å². The van der Waals surface area contributed by atoms with Crippen molar-refractivity contribution >= 4 is 11.6 Å². The van der Waals surface area contributed by atoms with Gasteiger partial charge in [-0.15, -0.1) is 0 Å². The fourth-order valence-corrected chi connectivity index (χ4v) is 2.28. The molecule has 2 atom stereocenters. The first-order valence-corrected chi connectivity index (χ1v) is 8.13. The lowest BCUT2D eigenvalue weighted by molar-refractivity contribution is 0.0943. The van der Waals surface area contributed by atoms with E-state index in [1.807, 2.05) is 38.1 Å². The highest BCUT2D eigenvalue weighted by molar-refractivity contribution is 5.94. The Labute approximate surface area is 129 Å². The van der Waals surface area contributed by atoms with Crippen LogP contribution in [0, 0.1) is 5.92 Å². The van der Waals surface area contributed by atoms with Gasteiger partial charge in [-0.25, -0.2) is 0 Å². The normalized spacial score (nSPS) is 13.8. The molecule has 0 spiro atoms. The summed E-state index contributed by atoms with van der Waals surface area (Å²) in [5.41, 5.74) is 1.80. The Morgan fingerprint density at radius 1 is 1.05 bits per heavy atom. The molecular weight excluding hydrogens is 260 g/mol. The lowest BCUT2D eigenvalue weighted by Crippen LogP contribution is -2.30. The van der Waals surface area contributed by atoms with Crippen molar-refractivity contribution in [2.75, 3.05) is 5.32 Å². The van der Waals surface area contributed by atoms with Crippen LogP contribution in [0.5, 0.6) is 0 Å². The van der Waals surface area contributed by atoms with Crippen LogP contribution in [0.1, 0.15) is 64.2 Å². The van der Waals surface area contributed by atoms with Crippen LogP contribution in [-0.2, 0) is 0 Å². The van der Waals surface area contributed by atoms with Crippen LogP contribution in [0.2, 0.25) is 0 Å². The summed E-state index contributed by atoms with van der Waals surface area (Å²) in [5.74, 6) is 0.724. The standard InChI is InChI=1S/C18H30N2O/c1-6-14(5)12-16(7-2)20-17-10-8-15(9-11-17)18(21)19-13(3)4/h8-11,13-14,16,20H,6-7,12H2,1-5H3,(H,19,21). The van der Waals surface area contributed by atoms with Crippen molar-refractivity contribution in [3.63, 3.8) is 0 Å². The van der Waals surface area contributed by atoms with Gasteiger partial charge in [0.05, 0.1) is 0 Å². The van der Waals surface area contributed by atoms with Gasteiger partial charge in [-0.1, -0.05) is 27.2 Å². The molecule has 0 heterocycles. The van der Waals surface area contributed by atoms with Crippen molar-refractivity contribution in [2.45, 2.75) is 66.0 Å². The molecule has 1 aromatic carbocycles. The van der Waals surface area contributed by atoms with Crippen LogP contribution >= 0.6 is 0 Å². The molecule has 0 aromatic heterocycles. The number of rotatable bonds is 8. The summed E-state index contributed by atoms with van der Waals surface area (Å²) in [7, 11) is 0. The third-order valence-corrected chi connectivity index (χ3v) is 3.81. The third-order valence-electron chi connectivity index (χ3n) is 3.81. The molecule has 3 nitrogen and oxygen atoms in total. The van der Waals surface area contributed by atoms with Crippen LogP contribution in [0.4, 0.5) is 5.69 Å². The van der Waals surface area contributed by atoms with Crippen molar-refractivity contribution in [1.82, 2.24) is 5.32 Å². The average molecular weight is 290 g/mol. The number of hydrogen-bond acceptors (Lipinski definition) is 2. The van der Waals surface area contributed by atoms with Crippen molar-refractivity contribution in [1.29, 1.82) is 0 Å². The summed E-state index contributed by atoms with van der Waals surface area (Å²) >= 11 is 0. The van der Waals surface area contributed by atoms with Gasteiger partial charge in [-0.2, -0.15) is 0 Å². The van der Waals surface area contributed by atoms with Crippen molar-refractivity contribution < 1.29 is 4.79 Å². The van der Waals surface area contributed by atoms with Crippen molar-refractivity contribution in [3.8, 4) is 0 Å². The van der Waals surface area contributed by atoms with Crippen LogP contribution in [-0.4, -0.2) is 18.0 Å². The number of nitrogens with one attached hydrogen (secondary N) is 2. The van der Waals surface area contributed by atoms with Gasteiger partial charge in [0.2, 0.25) is 0 Å². The zero-order valence-corrected chi connectivity index (χ0v) is 14.1. The molecule has 0 radical (unpaired) electrons. The second kappa shape index (κ2) is 8.71. The van der Waals surface area contributed by atoms with E-state index in [1.165, 1.54) is 12.8 Å². The van der Waals surface area contributed by atoms with Gasteiger partial charge in [0, 0.05) is 23.3 Å². The Morgan fingerprint density at radius 3 is 2.14 bits per heavy atom. The molecule has 1 aromatic rings. The van der Waals surface area contributed by atoms with E-state index < -0.39 is 0 Å². The first kappa shape index (κ1) is 17.5. The Bertz CT molecular complexity index is 425. The highest BCUT2D eigenvalue weighted by Crippen LogP contribution is 2.18. The monoisotopic (exact) mass is 290 g/mol. The van der Waals surface area contributed by atoms with Gasteiger partial charge in [-0.3, -0.25) is 4.79 Å². The largest absolute Gasteiger partial charge is 0.382 e. The molecule has 0 saturated heterocycles. The summed E-state index contributed by atoms with van der Waals surface area (Å²) in [4.78, 5) is 11.9. The van der Waals surface area contributed by atoms with E-state index in [1.54, 1.807) is 0 Å². The van der Waals surface area contributed by atoms with Crippen LogP contribution in [0.25, 0.3) is 0 Å². The number of benzene rings is 1. The third kappa shape index (κ3) is 6.19. The summed E-state index contributed by atoms with van der Waals surface area (Å²) in [6.45, 7) is 10.7. The highest BCUT2D eigenvalue weighted by atomic mass is 16.1. The first-order chi connectivity index (χ1) is 9.96. The molecule has 0 aliphatic heterocycles. The molecule has 2 unspecified atom stereocenters. The van der Waals surface area contributed by atoms with Gasteiger partial charge in [0.25, 0.3) is 5.91 Å². The van der Waals surface area contributed by atoms with Gasteiger partial charge in [0.15, 0.2) is 0 Å². The number of amides is 1. The van der Waals surface area contributed by atoms with Gasteiger partial charge in [-0.05, 0) is 56.9 Å². The topological polar surface area (TPSA) is 41.1 Å². The first-order valence-electron chi connectivity index (χ1n) is 8.13. The molecule has 0 aliphatic carbocycles. The molecule has 1 amide bonds. The number of carbonyl (C=O) groups excluding carboxylic acids is 1. The number of hydrogen-bond donors (Lipinski definition) is 2. The summed E-state index contributed by atoms with van der Waals surface area (Å²) < 4.78 is 0. The van der Waals surface area contributed by atoms with Crippen LogP contribution < -0.4 is 10.6 Å². The zero-order valence-electron chi connectivity index (χ0n) is 14.1. The van der Waals surface area contributed by atoms with Crippen LogP contribution in [0.15, 0.2) is 24.3 Å². The van der Waals surface area contributed by atoms with Crippen molar-refractivity contribution in [2.24, 2.45) is 5.92 Å². The SMILES string of the molecule is CCC(C)CC(CC)Nc1ccc(C(=O)NC(C)C)cc1. The van der Waals surface area contributed by atoms with Gasteiger partial charge in [0.1, 0.15) is 0 Å². The predicted octanol–water partition coefficient (Wildman–Crippen LogP) is 4.45. The molecule has 1 rings (SSSR count). The van der Waals surface area contributed by atoms with E-state index >= 15 is 0 Å². The minimum atomic E-state index is -0.0109. The molecule has 3 heteroatoms. The Balaban J connectivity index is 2.62. The fourth-order valence-electron chi connectivity index (χ4n) is 2.28. The quantitative estimate of drug-likeness (QED) is 0.742. The maximum absolute atomic E-state index is 11.9. The predicted molar refractivity (Wildman–Crippen MR) is 90.8 cm³/mol. The molecule has 0 fully saturated rings. The average Bonchev–Trinajstić information content (AvgIpc) is 2.46. The van der Waals surface area contributed by atoms with E-state index in [0.29, 0.717) is 11.6 Å². The Kier molecular flexibility index (Phi) is 7.27. The second-order valence-corrected chi connectivity index (χ2v) is 6.20. The van der Waals surface area contributed by atoms with E-state index in [2.05, 4.69) is 31.4 Å². The minimum Gasteiger partial charge on any atom is -0.382 e.